The zero-order valence-corrected chi connectivity index (χ0v) is 13.3. The van der Waals surface area contributed by atoms with Crippen molar-refractivity contribution in [3.05, 3.63) is 29.8 Å². The average Bonchev–Trinajstić information content (AvgIpc) is 2.55. The number of nitrogens with zero attached hydrogens (tertiary/aromatic N) is 1. The van der Waals surface area contributed by atoms with Gasteiger partial charge in [-0.3, -0.25) is 4.90 Å². The first-order valence-electron chi connectivity index (χ1n) is 7.31. The van der Waals surface area contributed by atoms with Gasteiger partial charge in [0.1, 0.15) is 5.75 Å². The van der Waals surface area contributed by atoms with Crippen LogP contribution in [0.4, 0.5) is 0 Å². The predicted octanol–water partition coefficient (Wildman–Crippen LogP) is 4.31. The number of hydrogen-bond donors (Lipinski definition) is 1. The van der Waals surface area contributed by atoms with Crippen LogP contribution in [0.15, 0.2) is 24.3 Å². The summed E-state index contributed by atoms with van der Waals surface area (Å²) < 4.78 is 0. The molecule has 2 unspecified atom stereocenters. The van der Waals surface area contributed by atoms with Gasteiger partial charge >= 0.3 is 0 Å². The number of likely N-dealkylation sites (tertiary alicyclic amines) is 1. The van der Waals surface area contributed by atoms with Crippen molar-refractivity contribution in [3.63, 3.8) is 0 Å². The molecule has 1 aromatic rings. The molecule has 1 aliphatic rings. The Kier molecular flexibility index (Phi) is 5.71. The minimum atomic E-state index is 0.373. The second kappa shape index (κ2) is 7.30. The molecule has 2 rings (SSSR count). The lowest BCUT2D eigenvalue weighted by atomic mass is 10.0. The van der Waals surface area contributed by atoms with Crippen molar-refractivity contribution >= 4 is 15.9 Å². The normalized spacial score (nSPS) is 22.9. The number of aromatic hydroxyl groups is 1. The van der Waals surface area contributed by atoms with Gasteiger partial charge in [0.2, 0.25) is 0 Å². The highest BCUT2D eigenvalue weighted by molar-refractivity contribution is 9.09. The molecule has 19 heavy (non-hydrogen) atoms. The van der Waals surface area contributed by atoms with Crippen LogP contribution in [0.25, 0.3) is 0 Å². The summed E-state index contributed by atoms with van der Waals surface area (Å²) in [6.07, 6.45) is 6.50. The van der Waals surface area contributed by atoms with Crippen molar-refractivity contribution in [1.82, 2.24) is 4.90 Å². The molecule has 0 spiro atoms. The second-order valence-electron chi connectivity index (χ2n) is 5.66. The van der Waals surface area contributed by atoms with Crippen LogP contribution >= 0.6 is 15.9 Å². The van der Waals surface area contributed by atoms with E-state index in [0.717, 1.165) is 6.54 Å². The maximum absolute atomic E-state index is 9.58. The highest BCUT2D eigenvalue weighted by atomic mass is 79.9. The first-order valence-corrected chi connectivity index (χ1v) is 8.23. The molecular formula is C16H24BrNO. The quantitative estimate of drug-likeness (QED) is 0.834. The standard InChI is InChI=1S/C16H24BrNO/c1-13(17)10-15-7-3-2-4-9-18(15)12-14-6-5-8-16(19)11-14/h5-6,8,11,13,15,19H,2-4,7,9-10,12H2,1H3. The van der Waals surface area contributed by atoms with Gasteiger partial charge in [-0.25, -0.2) is 0 Å². The Hall–Kier alpha value is -0.540. The van der Waals surface area contributed by atoms with Gasteiger partial charge in [-0.1, -0.05) is 47.8 Å². The third kappa shape index (κ3) is 4.81. The monoisotopic (exact) mass is 325 g/mol. The van der Waals surface area contributed by atoms with Crippen LogP contribution in [0.5, 0.6) is 5.75 Å². The van der Waals surface area contributed by atoms with E-state index in [1.807, 2.05) is 12.1 Å². The Morgan fingerprint density at radius 3 is 2.95 bits per heavy atom. The Balaban J connectivity index is 2.05. The molecule has 0 aromatic heterocycles. The molecule has 0 aliphatic carbocycles. The summed E-state index contributed by atoms with van der Waals surface area (Å²) in [6, 6.07) is 8.34. The third-order valence-electron chi connectivity index (χ3n) is 3.89. The summed E-state index contributed by atoms with van der Waals surface area (Å²) in [7, 11) is 0. The van der Waals surface area contributed by atoms with Gasteiger partial charge in [-0.15, -0.1) is 0 Å². The van der Waals surface area contributed by atoms with Gasteiger partial charge in [0.25, 0.3) is 0 Å². The lowest BCUT2D eigenvalue weighted by Gasteiger charge is -2.31. The molecule has 1 heterocycles. The topological polar surface area (TPSA) is 23.5 Å². The summed E-state index contributed by atoms with van der Waals surface area (Å²) >= 11 is 3.69. The lowest BCUT2D eigenvalue weighted by molar-refractivity contribution is 0.182. The van der Waals surface area contributed by atoms with E-state index in [1.54, 1.807) is 6.07 Å². The van der Waals surface area contributed by atoms with Gasteiger partial charge in [-0.05, 0) is 43.5 Å². The first kappa shape index (κ1) is 14.9. The molecule has 2 atom stereocenters. The molecule has 0 saturated carbocycles. The fourth-order valence-corrected chi connectivity index (χ4v) is 3.41. The van der Waals surface area contributed by atoms with Gasteiger partial charge < -0.3 is 5.11 Å². The van der Waals surface area contributed by atoms with E-state index < -0.39 is 0 Å². The van der Waals surface area contributed by atoms with E-state index in [4.69, 9.17) is 0 Å². The largest absolute Gasteiger partial charge is 0.508 e. The second-order valence-corrected chi connectivity index (χ2v) is 7.22. The summed E-state index contributed by atoms with van der Waals surface area (Å²) in [5, 5.41) is 9.58. The van der Waals surface area contributed by atoms with E-state index >= 15 is 0 Å². The lowest BCUT2D eigenvalue weighted by Crippen LogP contribution is -2.35. The van der Waals surface area contributed by atoms with Crippen molar-refractivity contribution < 1.29 is 5.11 Å². The zero-order chi connectivity index (χ0) is 13.7. The molecule has 1 fully saturated rings. The van der Waals surface area contributed by atoms with Gasteiger partial charge in [0.15, 0.2) is 0 Å². The predicted molar refractivity (Wildman–Crippen MR) is 83.8 cm³/mol. The number of halogens is 1. The molecule has 1 aromatic carbocycles. The number of benzene rings is 1. The minimum Gasteiger partial charge on any atom is -0.508 e. The van der Waals surface area contributed by atoms with Crippen molar-refractivity contribution in [2.45, 2.75) is 56.4 Å². The van der Waals surface area contributed by atoms with E-state index in [2.05, 4.69) is 33.8 Å². The van der Waals surface area contributed by atoms with Crippen LogP contribution in [-0.2, 0) is 6.54 Å². The number of phenols is 1. The highest BCUT2D eigenvalue weighted by Crippen LogP contribution is 2.25. The van der Waals surface area contributed by atoms with E-state index in [0.29, 0.717) is 16.6 Å². The minimum absolute atomic E-state index is 0.373. The molecule has 1 N–H and O–H groups in total. The van der Waals surface area contributed by atoms with Crippen molar-refractivity contribution in [2.75, 3.05) is 6.54 Å². The molecule has 0 amide bonds. The molecule has 1 saturated heterocycles. The summed E-state index contributed by atoms with van der Waals surface area (Å²) in [5.41, 5.74) is 1.22. The number of phenolic OH excluding ortho intramolecular Hbond substituents is 1. The van der Waals surface area contributed by atoms with E-state index in [1.165, 1.54) is 44.2 Å². The van der Waals surface area contributed by atoms with E-state index in [-0.39, 0.29) is 0 Å². The summed E-state index contributed by atoms with van der Waals surface area (Å²) in [6.45, 7) is 4.37. The van der Waals surface area contributed by atoms with Crippen LogP contribution in [0.1, 0.15) is 44.6 Å². The Morgan fingerprint density at radius 1 is 1.37 bits per heavy atom. The van der Waals surface area contributed by atoms with Crippen molar-refractivity contribution in [1.29, 1.82) is 0 Å². The van der Waals surface area contributed by atoms with Crippen LogP contribution < -0.4 is 0 Å². The molecule has 3 heteroatoms. The maximum atomic E-state index is 9.58. The Labute approximate surface area is 124 Å². The Morgan fingerprint density at radius 2 is 2.21 bits per heavy atom. The molecule has 106 valence electrons. The third-order valence-corrected chi connectivity index (χ3v) is 4.27. The fourth-order valence-electron chi connectivity index (χ4n) is 2.98. The smallest absolute Gasteiger partial charge is 0.115 e. The number of rotatable bonds is 4. The van der Waals surface area contributed by atoms with Gasteiger partial charge in [0.05, 0.1) is 0 Å². The number of alkyl halides is 1. The molecular weight excluding hydrogens is 302 g/mol. The fraction of sp³-hybridized carbons (Fsp3) is 0.625. The van der Waals surface area contributed by atoms with Crippen LogP contribution in [-0.4, -0.2) is 27.4 Å². The van der Waals surface area contributed by atoms with Crippen molar-refractivity contribution in [2.24, 2.45) is 0 Å². The summed E-state index contributed by atoms with van der Waals surface area (Å²) in [5.74, 6) is 0.373. The molecule has 0 bridgehead atoms. The van der Waals surface area contributed by atoms with Crippen LogP contribution in [0.3, 0.4) is 0 Å². The highest BCUT2D eigenvalue weighted by Gasteiger charge is 2.22. The van der Waals surface area contributed by atoms with Gasteiger partial charge in [0, 0.05) is 17.4 Å². The SMILES string of the molecule is CC(Br)CC1CCCCCN1Cc1cccc(O)c1. The zero-order valence-electron chi connectivity index (χ0n) is 11.7. The molecule has 1 aliphatic heterocycles. The van der Waals surface area contributed by atoms with Crippen molar-refractivity contribution in [3.8, 4) is 5.75 Å². The molecule has 2 nitrogen and oxygen atoms in total. The van der Waals surface area contributed by atoms with Gasteiger partial charge in [-0.2, -0.15) is 0 Å². The molecule has 0 radical (unpaired) electrons. The maximum Gasteiger partial charge on any atom is 0.115 e. The average molecular weight is 326 g/mol. The van der Waals surface area contributed by atoms with E-state index in [9.17, 15) is 5.11 Å². The van der Waals surface area contributed by atoms with Crippen LogP contribution in [0.2, 0.25) is 0 Å². The van der Waals surface area contributed by atoms with Crippen LogP contribution in [0, 0.1) is 0 Å². The Bertz CT molecular complexity index is 394. The number of hydrogen-bond acceptors (Lipinski definition) is 2. The first-order chi connectivity index (χ1) is 9.15. The summed E-state index contributed by atoms with van der Waals surface area (Å²) in [4.78, 5) is 3.17.